The van der Waals surface area contributed by atoms with Gasteiger partial charge >= 0.3 is 5.97 Å². The number of carbonyl (C=O) groups excluding carboxylic acids is 1. The predicted octanol–water partition coefficient (Wildman–Crippen LogP) is 1.10. The molecule has 0 N–H and O–H groups in total. The highest BCUT2D eigenvalue weighted by Crippen LogP contribution is 2.24. The second-order valence-electron chi connectivity index (χ2n) is 3.15. The first kappa shape index (κ1) is 8.16. The summed E-state index contributed by atoms with van der Waals surface area (Å²) in [7, 11) is 0. The van der Waals surface area contributed by atoms with E-state index in [-0.39, 0.29) is 17.8 Å². The van der Waals surface area contributed by atoms with E-state index < -0.39 is 0 Å². The van der Waals surface area contributed by atoms with Crippen molar-refractivity contribution < 1.29 is 9.53 Å². The Bertz CT molecular complexity index is 317. The van der Waals surface area contributed by atoms with Crippen molar-refractivity contribution in [1.29, 1.82) is 0 Å². The summed E-state index contributed by atoms with van der Waals surface area (Å²) in [5.41, 5.74) is 1.08. The van der Waals surface area contributed by atoms with E-state index >= 15 is 0 Å². The number of hydrogen-bond acceptors (Lipinski definition) is 4. The Balaban J connectivity index is 2.05. The molecule has 0 aliphatic heterocycles. The molecule has 0 saturated heterocycles. The van der Waals surface area contributed by atoms with E-state index in [9.17, 15) is 4.79 Å². The largest absolute Gasteiger partial charge is 0.458 e. The van der Waals surface area contributed by atoms with Gasteiger partial charge in [0.25, 0.3) is 0 Å². The number of esters is 1. The third-order valence-electron chi connectivity index (χ3n) is 1.79. The normalized spacial score (nSPS) is 15.5. The molecule has 13 heavy (non-hydrogen) atoms. The zero-order valence-electron chi connectivity index (χ0n) is 7.36. The van der Waals surface area contributed by atoms with E-state index in [0.717, 1.165) is 18.5 Å². The van der Waals surface area contributed by atoms with Crippen molar-refractivity contribution in [2.24, 2.45) is 0 Å². The molecule has 0 aromatic carbocycles. The Morgan fingerprint density at radius 3 is 2.77 bits per heavy atom. The monoisotopic (exact) mass is 178 g/mol. The maximum atomic E-state index is 11.3. The Labute approximate surface area is 76.0 Å². The molecule has 0 radical (unpaired) electrons. The SMILES string of the molecule is Cc1cnc(C(=O)OC2CC2)cn1. The van der Waals surface area contributed by atoms with E-state index in [1.54, 1.807) is 6.20 Å². The third kappa shape index (κ3) is 2.02. The molecule has 1 aromatic rings. The number of rotatable bonds is 2. The van der Waals surface area contributed by atoms with Crippen molar-refractivity contribution in [3.63, 3.8) is 0 Å². The number of ether oxygens (including phenoxy) is 1. The second-order valence-corrected chi connectivity index (χ2v) is 3.15. The lowest BCUT2D eigenvalue weighted by molar-refractivity contribution is 0.0465. The molecular weight excluding hydrogens is 168 g/mol. The van der Waals surface area contributed by atoms with Gasteiger partial charge in [-0.1, -0.05) is 0 Å². The lowest BCUT2D eigenvalue weighted by Crippen LogP contribution is -2.09. The van der Waals surface area contributed by atoms with Crippen molar-refractivity contribution in [2.45, 2.75) is 25.9 Å². The van der Waals surface area contributed by atoms with Crippen LogP contribution in [0.1, 0.15) is 29.0 Å². The van der Waals surface area contributed by atoms with Crippen molar-refractivity contribution >= 4 is 5.97 Å². The van der Waals surface area contributed by atoms with E-state index in [2.05, 4.69) is 9.97 Å². The number of nitrogens with zero attached hydrogens (tertiary/aromatic N) is 2. The fourth-order valence-electron chi connectivity index (χ4n) is 0.896. The maximum Gasteiger partial charge on any atom is 0.358 e. The van der Waals surface area contributed by atoms with Crippen molar-refractivity contribution in [3.05, 3.63) is 23.8 Å². The summed E-state index contributed by atoms with van der Waals surface area (Å²) >= 11 is 0. The van der Waals surface area contributed by atoms with Crippen molar-refractivity contribution in [2.75, 3.05) is 0 Å². The average Bonchev–Trinajstić information content (AvgIpc) is 2.89. The van der Waals surface area contributed by atoms with Crippen molar-refractivity contribution in [1.82, 2.24) is 9.97 Å². The van der Waals surface area contributed by atoms with Crippen molar-refractivity contribution in [3.8, 4) is 0 Å². The predicted molar refractivity (Wildman–Crippen MR) is 45.2 cm³/mol. The van der Waals surface area contributed by atoms with Gasteiger partial charge in [0.1, 0.15) is 6.10 Å². The summed E-state index contributed by atoms with van der Waals surface area (Å²) in [5.74, 6) is -0.366. The summed E-state index contributed by atoms with van der Waals surface area (Å²) in [6.07, 6.45) is 5.08. The van der Waals surface area contributed by atoms with Gasteiger partial charge in [0.05, 0.1) is 11.9 Å². The van der Waals surface area contributed by atoms with Gasteiger partial charge in [-0.05, 0) is 19.8 Å². The zero-order chi connectivity index (χ0) is 9.26. The Morgan fingerprint density at radius 2 is 2.23 bits per heavy atom. The van der Waals surface area contributed by atoms with Gasteiger partial charge in [-0.3, -0.25) is 4.98 Å². The summed E-state index contributed by atoms with van der Waals surface area (Å²) in [6.45, 7) is 1.82. The number of hydrogen-bond donors (Lipinski definition) is 0. The number of aryl methyl sites for hydroxylation is 1. The summed E-state index contributed by atoms with van der Waals surface area (Å²) < 4.78 is 5.05. The summed E-state index contributed by atoms with van der Waals surface area (Å²) in [4.78, 5) is 19.2. The molecule has 4 nitrogen and oxygen atoms in total. The first-order valence-corrected chi connectivity index (χ1v) is 4.25. The molecule has 0 bridgehead atoms. The molecule has 4 heteroatoms. The van der Waals surface area contributed by atoms with Crippen LogP contribution >= 0.6 is 0 Å². The highest BCUT2D eigenvalue weighted by atomic mass is 16.5. The lowest BCUT2D eigenvalue weighted by atomic mass is 10.4. The molecule has 1 saturated carbocycles. The van der Waals surface area contributed by atoms with Crippen LogP contribution in [0, 0.1) is 6.92 Å². The highest BCUT2D eigenvalue weighted by molar-refractivity contribution is 5.87. The molecule has 1 fully saturated rings. The summed E-state index contributed by atoms with van der Waals surface area (Å²) in [6, 6.07) is 0. The van der Waals surface area contributed by atoms with Crippen LogP contribution < -0.4 is 0 Å². The third-order valence-corrected chi connectivity index (χ3v) is 1.79. The van der Waals surface area contributed by atoms with Crippen LogP contribution in [0.3, 0.4) is 0 Å². The van der Waals surface area contributed by atoms with Gasteiger partial charge in [0, 0.05) is 6.20 Å². The smallest absolute Gasteiger partial charge is 0.358 e. The highest BCUT2D eigenvalue weighted by Gasteiger charge is 2.26. The molecule has 1 aromatic heterocycles. The number of aromatic nitrogens is 2. The molecule has 0 spiro atoms. The van der Waals surface area contributed by atoms with Gasteiger partial charge in [0.2, 0.25) is 0 Å². The minimum absolute atomic E-state index is 0.121. The van der Waals surface area contributed by atoms with Gasteiger partial charge in [-0.15, -0.1) is 0 Å². The quantitative estimate of drug-likeness (QED) is 0.636. The summed E-state index contributed by atoms with van der Waals surface area (Å²) in [5, 5.41) is 0. The maximum absolute atomic E-state index is 11.3. The molecule has 0 amide bonds. The lowest BCUT2D eigenvalue weighted by Gasteiger charge is -2.00. The zero-order valence-corrected chi connectivity index (χ0v) is 7.36. The fourth-order valence-corrected chi connectivity index (χ4v) is 0.896. The molecule has 0 unspecified atom stereocenters. The van der Waals surface area contributed by atoms with Crippen LogP contribution in [-0.2, 0) is 4.74 Å². The van der Waals surface area contributed by atoms with Crippen LogP contribution in [-0.4, -0.2) is 22.0 Å². The van der Waals surface area contributed by atoms with E-state index in [1.165, 1.54) is 6.20 Å². The minimum Gasteiger partial charge on any atom is -0.458 e. The molecule has 1 aliphatic carbocycles. The molecule has 1 heterocycles. The van der Waals surface area contributed by atoms with Gasteiger partial charge in [-0.25, -0.2) is 9.78 Å². The van der Waals surface area contributed by atoms with Gasteiger partial charge in [0.15, 0.2) is 5.69 Å². The molecule has 2 rings (SSSR count). The topological polar surface area (TPSA) is 52.1 Å². The average molecular weight is 178 g/mol. The van der Waals surface area contributed by atoms with Crippen LogP contribution in [0.4, 0.5) is 0 Å². The standard InChI is InChI=1S/C9H10N2O2/c1-6-4-11-8(5-10-6)9(12)13-7-2-3-7/h4-5,7H,2-3H2,1H3. The number of carbonyl (C=O) groups is 1. The van der Waals surface area contributed by atoms with Crippen LogP contribution in [0.25, 0.3) is 0 Å². The van der Waals surface area contributed by atoms with Crippen LogP contribution in [0.5, 0.6) is 0 Å². The minimum atomic E-state index is -0.366. The molecule has 1 aliphatic rings. The fraction of sp³-hybridized carbons (Fsp3) is 0.444. The Morgan fingerprint density at radius 1 is 1.46 bits per heavy atom. The Kier molecular flexibility index (Phi) is 1.96. The van der Waals surface area contributed by atoms with Crippen LogP contribution in [0.2, 0.25) is 0 Å². The first-order valence-electron chi connectivity index (χ1n) is 4.25. The van der Waals surface area contributed by atoms with E-state index in [0.29, 0.717) is 0 Å². The van der Waals surface area contributed by atoms with E-state index in [4.69, 9.17) is 4.74 Å². The van der Waals surface area contributed by atoms with E-state index in [1.807, 2.05) is 6.92 Å². The molecule has 68 valence electrons. The van der Waals surface area contributed by atoms with Crippen LogP contribution in [0.15, 0.2) is 12.4 Å². The Hall–Kier alpha value is -1.45. The second kappa shape index (κ2) is 3.12. The molecular formula is C9H10N2O2. The molecule has 0 atom stereocenters. The first-order chi connectivity index (χ1) is 6.25. The van der Waals surface area contributed by atoms with Gasteiger partial charge < -0.3 is 4.74 Å². The van der Waals surface area contributed by atoms with Gasteiger partial charge in [-0.2, -0.15) is 0 Å².